The first kappa shape index (κ1) is 13.3. The molecular formula is C19H16O3. The van der Waals surface area contributed by atoms with Crippen molar-refractivity contribution in [3.63, 3.8) is 0 Å². The first-order chi connectivity index (χ1) is 10.8. The summed E-state index contributed by atoms with van der Waals surface area (Å²) in [5.74, 6) is 0.740. The molecule has 0 radical (unpaired) electrons. The Morgan fingerprint density at radius 2 is 1.55 bits per heavy atom. The van der Waals surface area contributed by atoms with Crippen LogP contribution < -0.4 is 4.74 Å². The van der Waals surface area contributed by atoms with Crippen LogP contribution in [0, 0.1) is 0 Å². The number of rotatable bonds is 4. The Morgan fingerprint density at radius 1 is 0.864 bits per heavy atom. The van der Waals surface area contributed by atoms with Gasteiger partial charge < -0.3 is 14.9 Å². The van der Waals surface area contributed by atoms with Crippen molar-refractivity contribution in [3.8, 4) is 5.75 Å². The van der Waals surface area contributed by atoms with E-state index < -0.39 is 6.10 Å². The molecule has 4 aromatic rings. The highest BCUT2D eigenvalue weighted by molar-refractivity contribution is 6.24. The molecule has 2 N–H and O–H groups in total. The predicted octanol–water partition coefficient (Wildman–Crippen LogP) is 3.32. The van der Waals surface area contributed by atoms with Gasteiger partial charge in [0.15, 0.2) is 0 Å². The Hall–Kier alpha value is -2.36. The summed E-state index contributed by atoms with van der Waals surface area (Å²) in [6, 6.07) is 18.6. The summed E-state index contributed by atoms with van der Waals surface area (Å²) in [6.07, 6.45) is -0.868. The molecule has 0 aliphatic heterocycles. The van der Waals surface area contributed by atoms with Crippen LogP contribution in [0.3, 0.4) is 0 Å². The fraction of sp³-hybridized carbons (Fsp3) is 0.158. The quantitative estimate of drug-likeness (QED) is 0.567. The van der Waals surface area contributed by atoms with Crippen molar-refractivity contribution < 1.29 is 14.9 Å². The lowest BCUT2D eigenvalue weighted by Gasteiger charge is -2.16. The summed E-state index contributed by atoms with van der Waals surface area (Å²) < 4.78 is 5.76. The first-order valence-corrected chi connectivity index (χ1v) is 7.36. The normalized spacial score (nSPS) is 13.2. The highest BCUT2D eigenvalue weighted by atomic mass is 16.5. The average Bonchev–Trinajstić information content (AvgIpc) is 2.57. The van der Waals surface area contributed by atoms with Crippen LogP contribution in [0.25, 0.3) is 32.3 Å². The molecule has 0 saturated heterocycles. The van der Waals surface area contributed by atoms with Gasteiger partial charge in [0, 0.05) is 10.8 Å². The first-order valence-electron chi connectivity index (χ1n) is 7.36. The van der Waals surface area contributed by atoms with Crippen molar-refractivity contribution in [2.75, 3.05) is 13.2 Å². The number of ether oxygens (including phenoxy) is 1. The lowest BCUT2D eigenvalue weighted by Crippen LogP contribution is -2.21. The van der Waals surface area contributed by atoms with E-state index in [9.17, 15) is 5.11 Å². The zero-order chi connectivity index (χ0) is 15.1. The minimum absolute atomic E-state index is 0.0802. The van der Waals surface area contributed by atoms with Gasteiger partial charge in [-0.15, -0.1) is 0 Å². The van der Waals surface area contributed by atoms with Crippen LogP contribution in [0.1, 0.15) is 0 Å². The maximum Gasteiger partial charge on any atom is 0.127 e. The highest BCUT2D eigenvalue weighted by Crippen LogP contribution is 2.39. The van der Waals surface area contributed by atoms with Crippen LogP contribution in [0.2, 0.25) is 0 Å². The Kier molecular flexibility index (Phi) is 3.10. The Bertz CT molecular complexity index is 945. The lowest BCUT2D eigenvalue weighted by molar-refractivity contribution is 0.0541. The van der Waals surface area contributed by atoms with E-state index in [4.69, 9.17) is 9.84 Å². The molecule has 1 atom stereocenters. The van der Waals surface area contributed by atoms with E-state index in [0.717, 1.165) is 16.5 Å². The Morgan fingerprint density at radius 3 is 2.32 bits per heavy atom. The fourth-order valence-corrected chi connectivity index (χ4v) is 3.09. The summed E-state index contributed by atoms with van der Waals surface area (Å²) in [7, 11) is 0. The second-order valence-corrected chi connectivity index (χ2v) is 5.57. The summed E-state index contributed by atoms with van der Waals surface area (Å²) in [5, 5.41) is 25.4. The summed E-state index contributed by atoms with van der Waals surface area (Å²) in [5.41, 5.74) is 0. The number of hydrogen-bond donors (Lipinski definition) is 2. The number of hydrogen-bond acceptors (Lipinski definition) is 3. The lowest BCUT2D eigenvalue weighted by atomic mass is 9.94. The molecule has 0 fully saturated rings. The Balaban J connectivity index is 2.00. The van der Waals surface area contributed by atoms with Crippen LogP contribution in [-0.4, -0.2) is 29.5 Å². The zero-order valence-corrected chi connectivity index (χ0v) is 12.0. The molecule has 3 nitrogen and oxygen atoms in total. The van der Waals surface area contributed by atoms with Crippen molar-refractivity contribution in [2.45, 2.75) is 6.10 Å². The molecule has 22 heavy (non-hydrogen) atoms. The van der Waals surface area contributed by atoms with Crippen molar-refractivity contribution in [3.05, 3.63) is 54.6 Å². The van der Waals surface area contributed by atoms with Gasteiger partial charge in [-0.25, -0.2) is 0 Å². The SMILES string of the molecule is OCC(O)COc1cc2cccc3ccc4cccc1c4c32. The van der Waals surface area contributed by atoms with Crippen molar-refractivity contribution in [1.29, 1.82) is 0 Å². The molecule has 0 aromatic heterocycles. The Labute approximate surface area is 127 Å². The van der Waals surface area contributed by atoms with E-state index in [-0.39, 0.29) is 13.2 Å². The molecule has 0 aliphatic rings. The number of aliphatic hydroxyl groups is 2. The average molecular weight is 292 g/mol. The molecule has 0 saturated carbocycles. The highest BCUT2D eigenvalue weighted by Gasteiger charge is 2.13. The third-order valence-electron chi connectivity index (χ3n) is 4.11. The predicted molar refractivity (Wildman–Crippen MR) is 88.7 cm³/mol. The standard InChI is InChI=1S/C19H16O3/c20-10-15(21)11-22-17-9-14-5-1-3-12-7-8-13-4-2-6-16(17)19(13)18(12)14/h1-9,15,20-21H,10-11H2. The van der Waals surface area contributed by atoms with E-state index in [1.807, 2.05) is 24.3 Å². The summed E-state index contributed by atoms with van der Waals surface area (Å²) >= 11 is 0. The summed E-state index contributed by atoms with van der Waals surface area (Å²) in [4.78, 5) is 0. The molecule has 0 bridgehead atoms. The van der Waals surface area contributed by atoms with Crippen LogP contribution in [0.15, 0.2) is 54.6 Å². The van der Waals surface area contributed by atoms with Crippen molar-refractivity contribution in [2.24, 2.45) is 0 Å². The maximum absolute atomic E-state index is 9.53. The van der Waals surface area contributed by atoms with Gasteiger partial charge in [-0.3, -0.25) is 0 Å². The molecule has 0 amide bonds. The minimum atomic E-state index is -0.868. The fourth-order valence-electron chi connectivity index (χ4n) is 3.09. The molecule has 1 unspecified atom stereocenters. The van der Waals surface area contributed by atoms with Gasteiger partial charge >= 0.3 is 0 Å². The number of aliphatic hydroxyl groups excluding tert-OH is 2. The van der Waals surface area contributed by atoms with E-state index in [1.54, 1.807) is 0 Å². The third kappa shape index (κ3) is 1.98. The van der Waals surface area contributed by atoms with Gasteiger partial charge in [0.1, 0.15) is 18.5 Å². The minimum Gasteiger partial charge on any atom is -0.490 e. The molecule has 0 spiro atoms. The topological polar surface area (TPSA) is 49.7 Å². The van der Waals surface area contributed by atoms with Gasteiger partial charge in [-0.2, -0.15) is 0 Å². The van der Waals surface area contributed by atoms with Crippen molar-refractivity contribution in [1.82, 2.24) is 0 Å². The van der Waals surface area contributed by atoms with E-state index in [1.165, 1.54) is 21.5 Å². The summed E-state index contributed by atoms with van der Waals surface area (Å²) in [6.45, 7) is -0.222. The van der Waals surface area contributed by atoms with E-state index in [2.05, 4.69) is 30.3 Å². The van der Waals surface area contributed by atoms with E-state index in [0.29, 0.717) is 0 Å². The molecule has 4 rings (SSSR count). The third-order valence-corrected chi connectivity index (χ3v) is 4.11. The number of benzene rings is 4. The van der Waals surface area contributed by atoms with Gasteiger partial charge in [-0.05, 0) is 27.6 Å². The monoisotopic (exact) mass is 292 g/mol. The van der Waals surface area contributed by atoms with Gasteiger partial charge in [-0.1, -0.05) is 48.5 Å². The molecule has 0 aliphatic carbocycles. The molecule has 4 aromatic carbocycles. The molecular weight excluding hydrogens is 276 g/mol. The molecule has 3 heteroatoms. The molecule has 0 heterocycles. The largest absolute Gasteiger partial charge is 0.490 e. The van der Waals surface area contributed by atoms with Crippen LogP contribution in [0.4, 0.5) is 0 Å². The van der Waals surface area contributed by atoms with Crippen molar-refractivity contribution >= 4 is 32.3 Å². The molecule has 110 valence electrons. The zero-order valence-electron chi connectivity index (χ0n) is 12.0. The second kappa shape index (κ2) is 5.13. The van der Waals surface area contributed by atoms with Crippen LogP contribution in [-0.2, 0) is 0 Å². The van der Waals surface area contributed by atoms with Crippen LogP contribution >= 0.6 is 0 Å². The van der Waals surface area contributed by atoms with E-state index >= 15 is 0 Å². The van der Waals surface area contributed by atoms with Crippen LogP contribution in [0.5, 0.6) is 5.75 Å². The van der Waals surface area contributed by atoms with Gasteiger partial charge in [0.2, 0.25) is 0 Å². The van der Waals surface area contributed by atoms with Gasteiger partial charge in [0.25, 0.3) is 0 Å². The smallest absolute Gasteiger partial charge is 0.127 e. The van der Waals surface area contributed by atoms with Gasteiger partial charge in [0.05, 0.1) is 6.61 Å². The maximum atomic E-state index is 9.53. The second-order valence-electron chi connectivity index (χ2n) is 5.57.